The lowest BCUT2D eigenvalue weighted by Gasteiger charge is -2.36. The summed E-state index contributed by atoms with van der Waals surface area (Å²) in [6.07, 6.45) is 1.49. The van der Waals surface area contributed by atoms with Gasteiger partial charge in [-0.3, -0.25) is 4.79 Å². The van der Waals surface area contributed by atoms with E-state index >= 15 is 0 Å². The molecule has 1 saturated heterocycles. The van der Waals surface area contributed by atoms with Crippen molar-refractivity contribution in [3.05, 3.63) is 23.8 Å². The summed E-state index contributed by atoms with van der Waals surface area (Å²) >= 11 is 0. The lowest BCUT2D eigenvalue weighted by Crippen LogP contribution is -2.50. The van der Waals surface area contributed by atoms with Gasteiger partial charge >= 0.3 is 5.97 Å². The molecule has 1 amide bonds. The maximum atomic E-state index is 12.5. The van der Waals surface area contributed by atoms with E-state index < -0.39 is 12.0 Å². The van der Waals surface area contributed by atoms with Gasteiger partial charge in [0, 0.05) is 6.54 Å². The van der Waals surface area contributed by atoms with Gasteiger partial charge in [0.1, 0.15) is 6.04 Å². The fourth-order valence-corrected chi connectivity index (χ4v) is 2.94. The number of carboxylic acids is 1. The molecule has 0 saturated carbocycles. The van der Waals surface area contributed by atoms with E-state index in [9.17, 15) is 14.7 Å². The molecule has 0 aromatic heterocycles. The molecule has 0 bridgehead atoms. The number of ether oxygens (including phenoxy) is 2. The Labute approximate surface area is 136 Å². The normalized spacial score (nSPS) is 20.9. The summed E-state index contributed by atoms with van der Waals surface area (Å²) < 4.78 is 10.4. The fourth-order valence-electron chi connectivity index (χ4n) is 2.94. The summed E-state index contributed by atoms with van der Waals surface area (Å²) in [5.41, 5.74) is 0.774. The molecule has 6 nitrogen and oxygen atoms in total. The van der Waals surface area contributed by atoms with Crippen LogP contribution in [-0.4, -0.2) is 48.7 Å². The molecule has 1 N–H and O–H groups in total. The molecule has 1 aliphatic heterocycles. The Bertz CT molecular complexity index is 586. The molecule has 126 valence electrons. The van der Waals surface area contributed by atoms with Crippen molar-refractivity contribution in [3.8, 4) is 11.5 Å². The summed E-state index contributed by atoms with van der Waals surface area (Å²) in [7, 11) is 3.09. The van der Waals surface area contributed by atoms with E-state index in [1.807, 2.05) is 6.92 Å². The van der Waals surface area contributed by atoms with Crippen molar-refractivity contribution in [2.45, 2.75) is 32.2 Å². The van der Waals surface area contributed by atoms with Crippen molar-refractivity contribution in [2.24, 2.45) is 5.92 Å². The summed E-state index contributed by atoms with van der Waals surface area (Å²) in [5, 5.41) is 9.36. The summed E-state index contributed by atoms with van der Waals surface area (Å²) in [4.78, 5) is 25.4. The van der Waals surface area contributed by atoms with Crippen molar-refractivity contribution >= 4 is 11.9 Å². The van der Waals surface area contributed by atoms with E-state index in [0.29, 0.717) is 30.4 Å². The maximum absolute atomic E-state index is 12.5. The Hall–Kier alpha value is -2.24. The van der Waals surface area contributed by atoms with E-state index in [1.165, 1.54) is 12.0 Å². The Kier molecular flexibility index (Phi) is 5.47. The number of hydrogen-bond acceptors (Lipinski definition) is 4. The maximum Gasteiger partial charge on any atom is 0.326 e. The van der Waals surface area contributed by atoms with Gasteiger partial charge in [-0.25, -0.2) is 4.79 Å². The van der Waals surface area contributed by atoms with Crippen molar-refractivity contribution < 1.29 is 24.2 Å². The quantitative estimate of drug-likeness (QED) is 0.897. The topological polar surface area (TPSA) is 76.1 Å². The van der Waals surface area contributed by atoms with Crippen molar-refractivity contribution in [1.29, 1.82) is 0 Å². The summed E-state index contributed by atoms with van der Waals surface area (Å²) in [6, 6.07) is 4.56. The van der Waals surface area contributed by atoms with E-state index in [2.05, 4.69) is 0 Å². The number of likely N-dealkylation sites (tertiary alicyclic amines) is 1. The third kappa shape index (κ3) is 3.94. The van der Waals surface area contributed by atoms with Crippen LogP contribution < -0.4 is 9.47 Å². The number of rotatable bonds is 5. The number of carboxylic acid groups (broad SMARTS) is 1. The first kappa shape index (κ1) is 17.1. The number of carbonyl (C=O) groups is 2. The Morgan fingerprint density at radius 3 is 2.57 bits per heavy atom. The second kappa shape index (κ2) is 7.35. The largest absolute Gasteiger partial charge is 0.493 e. The van der Waals surface area contributed by atoms with Crippen LogP contribution in [0.4, 0.5) is 0 Å². The predicted molar refractivity (Wildman–Crippen MR) is 84.8 cm³/mol. The third-order valence-corrected chi connectivity index (χ3v) is 4.27. The van der Waals surface area contributed by atoms with Crippen molar-refractivity contribution in [1.82, 2.24) is 4.90 Å². The highest BCUT2D eigenvalue weighted by Crippen LogP contribution is 2.29. The molecule has 1 heterocycles. The number of benzene rings is 1. The SMILES string of the molecule is COc1ccc(CC(=O)N2CCC(C)CC2C(=O)O)cc1OC. The molecule has 1 aromatic rings. The van der Waals surface area contributed by atoms with Crippen LogP contribution in [0.5, 0.6) is 11.5 Å². The molecule has 2 rings (SSSR count). The molecule has 0 aliphatic carbocycles. The molecule has 6 heteroatoms. The molecular weight excluding hydrogens is 298 g/mol. The highest BCUT2D eigenvalue weighted by Gasteiger charge is 2.34. The number of aliphatic carboxylic acids is 1. The molecule has 1 aliphatic rings. The van der Waals surface area contributed by atoms with Crippen LogP contribution in [0.2, 0.25) is 0 Å². The number of nitrogens with zero attached hydrogens (tertiary/aromatic N) is 1. The zero-order valence-corrected chi connectivity index (χ0v) is 13.7. The van der Waals surface area contributed by atoms with Gasteiger partial charge in [-0.2, -0.15) is 0 Å². The second-order valence-electron chi connectivity index (χ2n) is 5.94. The number of methoxy groups -OCH3 is 2. The van der Waals surface area contributed by atoms with Crippen LogP contribution in [0.3, 0.4) is 0 Å². The van der Waals surface area contributed by atoms with Crippen LogP contribution in [0.15, 0.2) is 18.2 Å². The second-order valence-corrected chi connectivity index (χ2v) is 5.94. The number of amides is 1. The fraction of sp³-hybridized carbons (Fsp3) is 0.529. The van der Waals surface area contributed by atoms with Gasteiger partial charge in [0.15, 0.2) is 11.5 Å². The van der Waals surface area contributed by atoms with Crippen LogP contribution in [0, 0.1) is 5.92 Å². The molecule has 0 spiro atoms. The van der Waals surface area contributed by atoms with Crippen LogP contribution >= 0.6 is 0 Å². The van der Waals surface area contributed by atoms with Gasteiger partial charge < -0.3 is 19.5 Å². The van der Waals surface area contributed by atoms with Crippen molar-refractivity contribution in [2.75, 3.05) is 20.8 Å². The van der Waals surface area contributed by atoms with Crippen LogP contribution in [-0.2, 0) is 16.0 Å². The van der Waals surface area contributed by atoms with Gasteiger partial charge in [0.25, 0.3) is 0 Å². The standard InChI is InChI=1S/C17H23NO5/c1-11-6-7-18(13(8-11)17(20)21)16(19)10-12-4-5-14(22-2)15(9-12)23-3/h4-5,9,11,13H,6-8,10H2,1-3H3,(H,20,21). The average molecular weight is 321 g/mol. The van der Waals surface area contributed by atoms with Gasteiger partial charge in [-0.05, 0) is 36.5 Å². The summed E-state index contributed by atoms with van der Waals surface area (Å²) in [5.74, 6) is 0.369. The molecule has 2 atom stereocenters. The zero-order chi connectivity index (χ0) is 17.0. The Morgan fingerprint density at radius 2 is 1.96 bits per heavy atom. The van der Waals surface area contributed by atoms with Gasteiger partial charge in [0.2, 0.25) is 5.91 Å². The smallest absolute Gasteiger partial charge is 0.326 e. The lowest BCUT2D eigenvalue weighted by molar-refractivity contribution is -0.152. The van der Waals surface area contributed by atoms with Gasteiger partial charge in [-0.15, -0.1) is 0 Å². The Morgan fingerprint density at radius 1 is 1.26 bits per heavy atom. The molecular formula is C17H23NO5. The number of carbonyl (C=O) groups excluding carboxylic acids is 1. The highest BCUT2D eigenvalue weighted by molar-refractivity contribution is 5.85. The zero-order valence-electron chi connectivity index (χ0n) is 13.7. The first-order chi connectivity index (χ1) is 11.0. The van der Waals surface area contributed by atoms with Crippen LogP contribution in [0.25, 0.3) is 0 Å². The average Bonchev–Trinajstić information content (AvgIpc) is 2.54. The minimum absolute atomic E-state index is 0.151. The van der Waals surface area contributed by atoms with E-state index in [-0.39, 0.29) is 12.3 Å². The van der Waals surface area contributed by atoms with Gasteiger partial charge in [-0.1, -0.05) is 13.0 Å². The van der Waals surface area contributed by atoms with Crippen molar-refractivity contribution in [3.63, 3.8) is 0 Å². The summed E-state index contributed by atoms with van der Waals surface area (Å²) in [6.45, 7) is 2.51. The molecule has 1 fully saturated rings. The van der Waals surface area contributed by atoms with E-state index in [4.69, 9.17) is 9.47 Å². The highest BCUT2D eigenvalue weighted by atomic mass is 16.5. The number of hydrogen-bond donors (Lipinski definition) is 1. The monoisotopic (exact) mass is 321 g/mol. The van der Waals surface area contributed by atoms with Gasteiger partial charge in [0.05, 0.1) is 20.6 Å². The van der Waals surface area contributed by atoms with E-state index in [0.717, 1.165) is 12.0 Å². The third-order valence-electron chi connectivity index (χ3n) is 4.27. The first-order valence-corrected chi connectivity index (χ1v) is 7.69. The molecule has 23 heavy (non-hydrogen) atoms. The minimum Gasteiger partial charge on any atom is -0.493 e. The predicted octanol–water partition coefficient (Wildman–Crippen LogP) is 1.96. The van der Waals surface area contributed by atoms with Crippen LogP contribution in [0.1, 0.15) is 25.3 Å². The Balaban J connectivity index is 2.13. The van der Waals surface area contributed by atoms with E-state index in [1.54, 1.807) is 25.3 Å². The molecule has 1 aromatic carbocycles. The minimum atomic E-state index is -0.933. The number of piperidine rings is 1. The molecule has 0 radical (unpaired) electrons. The molecule has 2 unspecified atom stereocenters. The first-order valence-electron chi connectivity index (χ1n) is 7.69. The lowest BCUT2D eigenvalue weighted by atomic mass is 9.92.